The second-order valence-electron chi connectivity index (χ2n) is 11.6. The van der Waals surface area contributed by atoms with Crippen molar-refractivity contribution in [1.29, 1.82) is 0 Å². The molecule has 0 aliphatic carbocycles. The van der Waals surface area contributed by atoms with Gasteiger partial charge in [0.25, 0.3) is 11.8 Å². The first-order valence-corrected chi connectivity index (χ1v) is 15.9. The monoisotopic (exact) mass is 658 g/mol. The first-order valence-electron chi connectivity index (χ1n) is 15.9. The number of nitrogens with one attached hydrogen (secondary N) is 5. The van der Waals surface area contributed by atoms with Crippen molar-refractivity contribution in [1.82, 2.24) is 31.6 Å². The second-order valence-corrected chi connectivity index (χ2v) is 11.6. The number of carbonyl (C=O) groups excluding carboxylic acids is 5. The molecule has 6 N–H and O–H groups in total. The minimum Gasteiger partial charge on any atom is -0.491 e. The maximum Gasteiger partial charge on any atom is 0.270 e. The lowest BCUT2D eigenvalue weighted by atomic mass is 10.0. The largest absolute Gasteiger partial charge is 0.491 e. The first kappa shape index (κ1) is 35.6. The molecule has 0 bridgehead atoms. The van der Waals surface area contributed by atoms with Gasteiger partial charge in [0.2, 0.25) is 17.7 Å². The van der Waals surface area contributed by atoms with Crippen molar-refractivity contribution in [2.45, 2.75) is 63.7 Å². The molecule has 2 heterocycles. The van der Waals surface area contributed by atoms with E-state index in [0.29, 0.717) is 31.5 Å². The van der Waals surface area contributed by atoms with Gasteiger partial charge >= 0.3 is 0 Å². The number of hydrogen-bond donors (Lipinski definition) is 6. The summed E-state index contributed by atoms with van der Waals surface area (Å²) in [7, 11) is 0. The van der Waals surface area contributed by atoms with Crippen molar-refractivity contribution in [3.63, 3.8) is 0 Å². The minimum atomic E-state index is -1.34. The van der Waals surface area contributed by atoms with Gasteiger partial charge in [-0.2, -0.15) is 0 Å². The number of hydrogen-bond acceptors (Lipinski definition) is 8. The summed E-state index contributed by atoms with van der Waals surface area (Å²) in [5.41, 5.74) is 2.17. The Morgan fingerprint density at radius 2 is 1.60 bits per heavy atom. The number of aliphatic hydroxyl groups is 1. The Morgan fingerprint density at radius 3 is 2.35 bits per heavy atom. The molecule has 0 saturated heterocycles. The molecule has 2 aromatic carbocycles. The number of pyridine rings is 1. The zero-order valence-electron chi connectivity index (χ0n) is 27.0. The molecule has 13 heteroatoms. The van der Waals surface area contributed by atoms with Crippen LogP contribution in [0.2, 0.25) is 0 Å². The van der Waals surface area contributed by atoms with Gasteiger partial charge in [0.05, 0.1) is 18.2 Å². The molecule has 1 aliphatic heterocycles. The molecule has 0 radical (unpaired) electrons. The van der Waals surface area contributed by atoms with Crippen molar-refractivity contribution < 1.29 is 33.8 Å². The summed E-state index contributed by atoms with van der Waals surface area (Å²) < 4.78 is 6.07. The average Bonchev–Trinajstić information content (AvgIpc) is 3.08. The van der Waals surface area contributed by atoms with Crippen LogP contribution in [0.5, 0.6) is 5.75 Å². The lowest BCUT2D eigenvalue weighted by Crippen LogP contribution is -2.57. The summed E-state index contributed by atoms with van der Waals surface area (Å²) >= 11 is 0. The SMILES string of the molecule is Cc1cccnc1C(=O)NCCCC[C@@H]1NC(=O)[C@H](C)NC(=O)[C@H](CO)NC(=O)c2ccccc2OC[C@H](Cc2ccccc2)NC1=O. The number of carbonyl (C=O) groups is 5. The van der Waals surface area contributed by atoms with Crippen LogP contribution in [0.4, 0.5) is 0 Å². The quantitative estimate of drug-likeness (QED) is 0.185. The van der Waals surface area contributed by atoms with Gasteiger partial charge in [0.1, 0.15) is 36.2 Å². The number of benzene rings is 2. The normalized spacial score (nSPS) is 20.6. The molecule has 4 atom stereocenters. The van der Waals surface area contributed by atoms with Crippen molar-refractivity contribution >= 4 is 29.5 Å². The van der Waals surface area contributed by atoms with E-state index in [9.17, 15) is 29.1 Å². The first-order chi connectivity index (χ1) is 23.2. The van der Waals surface area contributed by atoms with Crippen LogP contribution in [0.3, 0.4) is 0 Å². The van der Waals surface area contributed by atoms with E-state index in [1.54, 1.807) is 43.5 Å². The van der Waals surface area contributed by atoms with Crippen LogP contribution >= 0.6 is 0 Å². The predicted octanol–water partition coefficient (Wildman–Crippen LogP) is 1.19. The van der Waals surface area contributed by atoms with E-state index in [1.165, 1.54) is 13.0 Å². The van der Waals surface area contributed by atoms with Crippen molar-refractivity contribution in [3.05, 3.63) is 95.3 Å². The third kappa shape index (κ3) is 10.1. The number of aryl methyl sites for hydroxylation is 1. The molecule has 1 aliphatic rings. The zero-order chi connectivity index (χ0) is 34.5. The second kappa shape index (κ2) is 17.6. The molecule has 1 aromatic heterocycles. The number of unbranched alkanes of at least 4 members (excludes halogenated alkanes) is 1. The Kier molecular flexibility index (Phi) is 13.0. The summed E-state index contributed by atoms with van der Waals surface area (Å²) in [6, 6.07) is 15.6. The van der Waals surface area contributed by atoms with E-state index in [1.807, 2.05) is 30.3 Å². The van der Waals surface area contributed by atoms with Crippen molar-refractivity contribution in [2.75, 3.05) is 19.8 Å². The van der Waals surface area contributed by atoms with E-state index >= 15 is 0 Å². The molecule has 0 spiro atoms. The van der Waals surface area contributed by atoms with Crippen LogP contribution in [0.1, 0.15) is 58.2 Å². The summed E-state index contributed by atoms with van der Waals surface area (Å²) in [5.74, 6) is -2.57. The summed E-state index contributed by atoms with van der Waals surface area (Å²) in [6.07, 6.45) is 3.20. The third-order valence-electron chi connectivity index (χ3n) is 7.86. The number of para-hydroxylation sites is 1. The molecule has 5 amide bonds. The lowest BCUT2D eigenvalue weighted by Gasteiger charge is -2.26. The highest BCUT2D eigenvalue weighted by Crippen LogP contribution is 2.19. The van der Waals surface area contributed by atoms with Gasteiger partial charge in [-0.25, -0.2) is 0 Å². The van der Waals surface area contributed by atoms with Crippen LogP contribution in [0, 0.1) is 6.92 Å². The summed E-state index contributed by atoms with van der Waals surface area (Å²) in [4.78, 5) is 69.7. The number of aliphatic hydroxyl groups excluding tert-OH is 1. The lowest BCUT2D eigenvalue weighted by molar-refractivity contribution is -0.132. The standard InChI is InChI=1S/C35H42N6O7/c1-22-11-10-18-36-30(22)35(47)37-17-9-8-15-27-33(45)39-25(19-24-12-4-3-5-13-24)21-48-29-16-7-6-14-26(29)32(44)41-28(20-42)34(46)38-23(2)31(43)40-27/h3-7,10-14,16,18,23,25,27-28,42H,8-9,15,17,19-21H2,1-2H3,(H,37,47)(H,38,46)(H,39,45)(H,40,43)(H,41,44)/t23-,25-,27-,28-/m0/s1. The number of amides is 5. The maximum absolute atomic E-state index is 13.8. The van der Waals surface area contributed by atoms with E-state index in [-0.39, 0.29) is 30.2 Å². The van der Waals surface area contributed by atoms with E-state index in [4.69, 9.17) is 4.74 Å². The average molecular weight is 659 g/mol. The fourth-order valence-corrected chi connectivity index (χ4v) is 5.18. The number of aromatic nitrogens is 1. The number of fused-ring (bicyclic) bond motifs is 1. The van der Waals surface area contributed by atoms with Gasteiger partial charge in [-0.05, 0) is 68.9 Å². The Morgan fingerprint density at radius 1 is 0.875 bits per heavy atom. The minimum absolute atomic E-state index is 0.00905. The smallest absolute Gasteiger partial charge is 0.270 e. The van der Waals surface area contributed by atoms with Crippen LogP contribution in [0.25, 0.3) is 0 Å². The van der Waals surface area contributed by atoms with Gasteiger partial charge in [0.15, 0.2) is 0 Å². The highest BCUT2D eigenvalue weighted by molar-refractivity contribution is 6.00. The van der Waals surface area contributed by atoms with E-state index in [2.05, 4.69) is 31.6 Å². The highest BCUT2D eigenvalue weighted by atomic mass is 16.5. The van der Waals surface area contributed by atoms with Crippen LogP contribution < -0.4 is 31.3 Å². The molecule has 3 aromatic rings. The molecular formula is C35H42N6O7. The molecule has 0 fully saturated rings. The van der Waals surface area contributed by atoms with Crippen molar-refractivity contribution in [3.8, 4) is 5.75 Å². The number of ether oxygens (including phenoxy) is 1. The van der Waals surface area contributed by atoms with E-state index in [0.717, 1.165) is 11.1 Å². The molecule has 4 rings (SSSR count). The third-order valence-corrected chi connectivity index (χ3v) is 7.86. The predicted molar refractivity (Wildman–Crippen MR) is 177 cm³/mol. The van der Waals surface area contributed by atoms with Crippen molar-refractivity contribution in [2.24, 2.45) is 0 Å². The molecule has 13 nitrogen and oxygen atoms in total. The molecule has 0 saturated carbocycles. The number of nitrogens with zero attached hydrogens (tertiary/aromatic N) is 1. The zero-order valence-corrected chi connectivity index (χ0v) is 27.0. The van der Waals surface area contributed by atoms with Crippen LogP contribution in [-0.4, -0.2) is 83.6 Å². The van der Waals surface area contributed by atoms with Crippen LogP contribution in [-0.2, 0) is 20.8 Å². The summed E-state index contributed by atoms with van der Waals surface area (Å²) in [6.45, 7) is 2.86. The molecular weight excluding hydrogens is 616 g/mol. The molecule has 0 unspecified atom stereocenters. The Hall–Kier alpha value is -5.30. The molecule has 254 valence electrons. The summed E-state index contributed by atoms with van der Waals surface area (Å²) in [5, 5.41) is 23.5. The Labute approximate surface area is 279 Å². The fourth-order valence-electron chi connectivity index (χ4n) is 5.18. The van der Waals surface area contributed by atoms with Gasteiger partial charge in [0, 0.05) is 12.7 Å². The topological polar surface area (TPSA) is 188 Å². The van der Waals surface area contributed by atoms with Gasteiger partial charge in [-0.15, -0.1) is 0 Å². The fraction of sp³-hybridized carbons (Fsp3) is 0.371. The number of rotatable bonds is 9. The maximum atomic E-state index is 13.8. The van der Waals surface area contributed by atoms with Gasteiger partial charge in [-0.1, -0.05) is 48.5 Å². The Balaban J connectivity index is 1.53. The molecule has 48 heavy (non-hydrogen) atoms. The highest BCUT2D eigenvalue weighted by Gasteiger charge is 2.29. The van der Waals surface area contributed by atoms with Crippen LogP contribution in [0.15, 0.2) is 72.9 Å². The van der Waals surface area contributed by atoms with E-state index < -0.39 is 54.4 Å². The Bertz CT molecular complexity index is 1580. The van der Waals surface area contributed by atoms with Gasteiger partial charge < -0.3 is 36.4 Å². The van der Waals surface area contributed by atoms with Gasteiger partial charge in [-0.3, -0.25) is 29.0 Å².